The fraction of sp³-hybridized carbons (Fsp3) is 0.286. The van der Waals surface area contributed by atoms with Crippen LogP contribution in [0.1, 0.15) is 24.0 Å². The maximum atomic E-state index is 13.8. The number of halogens is 3. The zero-order valence-corrected chi connectivity index (χ0v) is 23.2. The fourth-order valence-corrected chi connectivity index (χ4v) is 5.37. The van der Waals surface area contributed by atoms with E-state index in [0.717, 1.165) is 39.9 Å². The van der Waals surface area contributed by atoms with Gasteiger partial charge in [0, 0.05) is 44.1 Å². The first-order valence-corrected chi connectivity index (χ1v) is 14.4. The predicted molar refractivity (Wildman–Crippen MR) is 148 cm³/mol. The number of nitrogens with zero attached hydrogens (tertiary/aromatic N) is 2. The van der Waals surface area contributed by atoms with E-state index >= 15 is 0 Å². The second-order valence-corrected chi connectivity index (χ2v) is 11.4. The fourth-order valence-electron chi connectivity index (χ4n) is 4.20. The van der Waals surface area contributed by atoms with Crippen molar-refractivity contribution >= 4 is 39.1 Å². The summed E-state index contributed by atoms with van der Waals surface area (Å²) < 4.78 is 52.9. The van der Waals surface area contributed by atoms with Gasteiger partial charge in [-0.25, -0.2) is 17.2 Å². The lowest BCUT2D eigenvalue weighted by atomic mass is 10.0. The van der Waals surface area contributed by atoms with Gasteiger partial charge in [-0.2, -0.15) is 0 Å². The van der Waals surface area contributed by atoms with Gasteiger partial charge in [0.15, 0.2) is 11.6 Å². The molecule has 39 heavy (non-hydrogen) atoms. The Morgan fingerprint density at radius 2 is 1.64 bits per heavy atom. The van der Waals surface area contributed by atoms with E-state index in [1.54, 1.807) is 24.3 Å². The molecule has 1 N–H and O–H groups in total. The third-order valence-corrected chi connectivity index (χ3v) is 7.53. The SMILES string of the molecule is CNC(=O)[C@H](Cc1ccccc1)N(Cc1cccc(Cl)c1)C(=O)CCCN(c1ccc(F)c(F)c1)S(C)(=O)=O. The summed E-state index contributed by atoms with van der Waals surface area (Å²) in [7, 11) is -2.36. The molecule has 3 aromatic rings. The number of sulfonamides is 1. The van der Waals surface area contributed by atoms with Gasteiger partial charge in [-0.1, -0.05) is 54.1 Å². The molecule has 3 aromatic carbocycles. The number of likely N-dealkylation sites (N-methyl/N-ethyl adjacent to an activating group) is 1. The van der Waals surface area contributed by atoms with Crippen LogP contribution in [0.4, 0.5) is 14.5 Å². The van der Waals surface area contributed by atoms with E-state index in [2.05, 4.69) is 5.32 Å². The Kier molecular flexibility index (Phi) is 10.4. The Bertz CT molecular complexity index is 1410. The lowest BCUT2D eigenvalue weighted by Crippen LogP contribution is -2.49. The van der Waals surface area contributed by atoms with Crippen molar-refractivity contribution in [1.29, 1.82) is 0 Å². The van der Waals surface area contributed by atoms with Crippen molar-refractivity contribution in [3.63, 3.8) is 0 Å². The zero-order chi connectivity index (χ0) is 28.6. The number of benzene rings is 3. The molecule has 0 fully saturated rings. The number of rotatable bonds is 12. The number of nitrogens with one attached hydrogen (secondary N) is 1. The monoisotopic (exact) mass is 577 g/mol. The van der Waals surface area contributed by atoms with Gasteiger partial charge in [0.05, 0.1) is 11.9 Å². The summed E-state index contributed by atoms with van der Waals surface area (Å²) >= 11 is 6.15. The Morgan fingerprint density at radius 3 is 2.26 bits per heavy atom. The Morgan fingerprint density at radius 1 is 0.949 bits per heavy atom. The van der Waals surface area contributed by atoms with Crippen LogP contribution in [0.3, 0.4) is 0 Å². The number of anilines is 1. The van der Waals surface area contributed by atoms with Crippen molar-refractivity contribution in [2.24, 2.45) is 0 Å². The van der Waals surface area contributed by atoms with E-state index in [-0.39, 0.29) is 49.9 Å². The van der Waals surface area contributed by atoms with Crippen molar-refractivity contribution in [3.05, 3.63) is 101 Å². The first-order chi connectivity index (χ1) is 18.5. The van der Waals surface area contributed by atoms with Crippen molar-refractivity contribution in [2.45, 2.75) is 31.8 Å². The van der Waals surface area contributed by atoms with E-state index in [0.29, 0.717) is 5.02 Å². The van der Waals surface area contributed by atoms with Crippen LogP contribution in [-0.2, 0) is 32.6 Å². The van der Waals surface area contributed by atoms with Gasteiger partial charge in [-0.05, 0) is 41.8 Å². The molecule has 0 aliphatic rings. The Balaban J connectivity index is 1.85. The van der Waals surface area contributed by atoms with Crippen LogP contribution in [0.25, 0.3) is 0 Å². The summed E-state index contributed by atoms with van der Waals surface area (Å²) in [6, 6.07) is 18.2. The zero-order valence-electron chi connectivity index (χ0n) is 21.6. The molecule has 3 rings (SSSR count). The summed E-state index contributed by atoms with van der Waals surface area (Å²) in [5.41, 5.74) is 1.53. The lowest BCUT2D eigenvalue weighted by molar-refractivity contribution is -0.141. The van der Waals surface area contributed by atoms with Crippen molar-refractivity contribution < 1.29 is 26.8 Å². The van der Waals surface area contributed by atoms with Crippen LogP contribution in [-0.4, -0.2) is 51.0 Å². The second-order valence-electron chi connectivity index (χ2n) is 9.01. The summed E-state index contributed by atoms with van der Waals surface area (Å²) in [6.07, 6.45) is 1.18. The smallest absolute Gasteiger partial charge is 0.242 e. The highest BCUT2D eigenvalue weighted by atomic mass is 35.5. The third-order valence-electron chi connectivity index (χ3n) is 6.10. The van der Waals surface area contributed by atoms with Gasteiger partial charge < -0.3 is 10.2 Å². The standard InChI is InChI=1S/C28H30ClF2N3O4S/c1-32-28(36)26(17-20-8-4-3-5-9-20)33(19-21-10-6-11-22(29)16-21)27(35)12-7-15-34(39(2,37)38)23-13-14-24(30)25(31)18-23/h3-6,8-11,13-14,16,18,26H,7,12,15,17,19H2,1-2H3,(H,32,36)/t26-/m0/s1. The van der Waals surface area contributed by atoms with E-state index < -0.39 is 27.7 Å². The Labute approximate surface area is 232 Å². The van der Waals surface area contributed by atoms with Crippen LogP contribution in [0.15, 0.2) is 72.8 Å². The normalized spacial score (nSPS) is 12.0. The molecule has 0 aliphatic carbocycles. The number of carbonyl (C=O) groups is 2. The highest BCUT2D eigenvalue weighted by molar-refractivity contribution is 7.92. The predicted octanol–water partition coefficient (Wildman–Crippen LogP) is 4.55. The van der Waals surface area contributed by atoms with E-state index in [9.17, 15) is 26.8 Å². The van der Waals surface area contributed by atoms with Gasteiger partial charge in [0.2, 0.25) is 21.8 Å². The molecule has 0 unspecified atom stereocenters. The topological polar surface area (TPSA) is 86.8 Å². The van der Waals surface area contributed by atoms with Crippen molar-refractivity contribution in [3.8, 4) is 0 Å². The molecule has 0 saturated heterocycles. The van der Waals surface area contributed by atoms with E-state index in [4.69, 9.17) is 11.6 Å². The molecular weight excluding hydrogens is 548 g/mol. The molecule has 0 radical (unpaired) electrons. The average Bonchev–Trinajstić information content (AvgIpc) is 2.89. The molecule has 0 spiro atoms. The van der Waals surface area contributed by atoms with Crippen LogP contribution in [0, 0.1) is 11.6 Å². The summed E-state index contributed by atoms with van der Waals surface area (Å²) in [5.74, 6) is -3.01. The third kappa shape index (κ3) is 8.49. The molecule has 0 saturated carbocycles. The maximum Gasteiger partial charge on any atom is 0.242 e. The minimum Gasteiger partial charge on any atom is -0.357 e. The number of hydrogen-bond acceptors (Lipinski definition) is 4. The van der Waals surface area contributed by atoms with Gasteiger partial charge in [-0.15, -0.1) is 0 Å². The molecule has 0 aromatic heterocycles. The molecule has 0 aliphatic heterocycles. The molecule has 208 valence electrons. The minimum absolute atomic E-state index is 0.0491. The van der Waals surface area contributed by atoms with E-state index in [1.807, 2.05) is 30.3 Å². The first-order valence-electron chi connectivity index (χ1n) is 12.2. The van der Waals surface area contributed by atoms with Gasteiger partial charge in [0.1, 0.15) is 6.04 Å². The largest absolute Gasteiger partial charge is 0.357 e. The molecule has 2 amide bonds. The van der Waals surface area contributed by atoms with Crippen LogP contribution >= 0.6 is 11.6 Å². The van der Waals surface area contributed by atoms with Crippen LogP contribution < -0.4 is 9.62 Å². The van der Waals surface area contributed by atoms with Gasteiger partial charge in [0.25, 0.3) is 0 Å². The van der Waals surface area contributed by atoms with Crippen LogP contribution in [0.5, 0.6) is 0 Å². The van der Waals surface area contributed by atoms with Gasteiger partial charge >= 0.3 is 0 Å². The molecular formula is C28H30ClF2N3O4S. The minimum atomic E-state index is -3.85. The molecule has 11 heteroatoms. The molecule has 0 bridgehead atoms. The van der Waals surface area contributed by atoms with E-state index in [1.165, 1.54) is 11.9 Å². The highest BCUT2D eigenvalue weighted by Crippen LogP contribution is 2.22. The van der Waals surface area contributed by atoms with Gasteiger partial charge in [-0.3, -0.25) is 13.9 Å². The molecule has 0 heterocycles. The quantitative estimate of drug-likeness (QED) is 0.342. The van der Waals surface area contributed by atoms with Crippen molar-refractivity contribution in [2.75, 3.05) is 24.2 Å². The summed E-state index contributed by atoms with van der Waals surface area (Å²) in [5, 5.41) is 3.11. The first kappa shape index (κ1) is 30.0. The summed E-state index contributed by atoms with van der Waals surface area (Å²) in [6.45, 7) is -0.0484. The summed E-state index contributed by atoms with van der Waals surface area (Å²) in [4.78, 5) is 28.0. The molecule has 1 atom stereocenters. The average molecular weight is 578 g/mol. The Hall–Kier alpha value is -3.50. The maximum absolute atomic E-state index is 13.8. The number of hydrogen-bond donors (Lipinski definition) is 1. The lowest BCUT2D eigenvalue weighted by Gasteiger charge is -2.31. The van der Waals surface area contributed by atoms with Crippen molar-refractivity contribution in [1.82, 2.24) is 10.2 Å². The second kappa shape index (κ2) is 13.5. The number of amides is 2. The molecule has 7 nitrogen and oxygen atoms in total. The van der Waals surface area contributed by atoms with Crippen LogP contribution in [0.2, 0.25) is 5.02 Å². The number of carbonyl (C=O) groups excluding carboxylic acids is 2. The highest BCUT2D eigenvalue weighted by Gasteiger charge is 2.30.